The maximum Gasteiger partial charge on any atom is 0.314 e. The largest absolute Gasteiger partial charge is 0.316 e. The molecule has 1 heterocycles. The van der Waals surface area contributed by atoms with Gasteiger partial charge in [0, 0.05) is 2.85 Å². The molecule has 2 rings (SSSR count). The molecule has 2 aromatic rings. The van der Waals surface area contributed by atoms with Crippen molar-refractivity contribution in [2.24, 2.45) is 0 Å². The highest BCUT2D eigenvalue weighted by atomic mass is 16.2. The summed E-state index contributed by atoms with van der Waals surface area (Å²) in [5.41, 5.74) is 0.0478. The van der Waals surface area contributed by atoms with Gasteiger partial charge in [-0.05, 0) is 12.1 Å². The van der Waals surface area contributed by atoms with Crippen LogP contribution in [-0.4, -0.2) is 9.97 Å². The number of hydrogen-bond acceptors (Lipinski definition) is 2. The van der Waals surface area contributed by atoms with Crippen LogP contribution in [-0.2, 0) is 0 Å². The monoisotopic (exact) mass is 224 g/mol. The summed E-state index contributed by atoms with van der Waals surface area (Å²) in [5.74, 6) is 0. The molecule has 0 radical (unpaired) electrons. The van der Waals surface area contributed by atoms with Crippen LogP contribution in [0.5, 0.6) is 0 Å². The number of fused-ring (bicyclic) bond motifs is 1. The third kappa shape index (κ3) is 3.08. The average molecular weight is 224 g/mol. The molecule has 16 heavy (non-hydrogen) atoms. The van der Waals surface area contributed by atoms with Crippen LogP contribution in [0.2, 0.25) is 0 Å². The Balaban J connectivity index is 0. The molecular formula is C12H20N2O2. The molecule has 1 aromatic heterocycles. The Labute approximate surface area is 96.3 Å². The van der Waals surface area contributed by atoms with E-state index < -0.39 is 11.1 Å². The average Bonchev–Trinajstić information content (AvgIpc) is 2.31. The molecule has 0 aliphatic carbocycles. The summed E-state index contributed by atoms with van der Waals surface area (Å²) in [5, 5.41) is 0. The molecule has 2 N–H and O–H groups in total. The SMILES string of the molecule is CCCC.O=c1[nH]c2ccccc2[nH]c1=O.[HH].[HH]. The molecule has 4 heteroatoms. The van der Waals surface area contributed by atoms with E-state index in [1.54, 1.807) is 24.3 Å². The van der Waals surface area contributed by atoms with Crippen molar-refractivity contribution in [1.29, 1.82) is 0 Å². The lowest BCUT2D eigenvalue weighted by Crippen LogP contribution is -2.28. The summed E-state index contributed by atoms with van der Waals surface area (Å²) in [6.45, 7) is 4.36. The van der Waals surface area contributed by atoms with Gasteiger partial charge in [-0.2, -0.15) is 0 Å². The number of benzene rings is 1. The van der Waals surface area contributed by atoms with Gasteiger partial charge >= 0.3 is 11.1 Å². The van der Waals surface area contributed by atoms with Crippen molar-refractivity contribution in [3.63, 3.8) is 0 Å². The second-order valence-corrected chi connectivity index (χ2v) is 3.45. The molecule has 0 aliphatic rings. The molecule has 0 spiro atoms. The van der Waals surface area contributed by atoms with E-state index in [1.807, 2.05) is 0 Å². The van der Waals surface area contributed by atoms with Gasteiger partial charge in [-0.3, -0.25) is 9.59 Å². The summed E-state index contributed by atoms with van der Waals surface area (Å²) < 4.78 is 0. The van der Waals surface area contributed by atoms with Gasteiger partial charge in [0.15, 0.2) is 0 Å². The minimum atomic E-state index is -0.617. The van der Waals surface area contributed by atoms with Crippen LogP contribution < -0.4 is 11.1 Å². The van der Waals surface area contributed by atoms with Crippen LogP contribution in [0.1, 0.15) is 29.5 Å². The van der Waals surface area contributed by atoms with Crippen LogP contribution in [0.3, 0.4) is 0 Å². The van der Waals surface area contributed by atoms with Crippen molar-refractivity contribution in [3.8, 4) is 0 Å². The number of para-hydroxylation sites is 2. The molecule has 0 amide bonds. The zero-order valence-corrected chi connectivity index (χ0v) is 9.54. The predicted octanol–water partition coefficient (Wildman–Crippen LogP) is 2.51. The van der Waals surface area contributed by atoms with E-state index in [2.05, 4.69) is 23.8 Å². The second-order valence-electron chi connectivity index (χ2n) is 3.45. The third-order valence-corrected chi connectivity index (χ3v) is 2.13. The molecule has 0 saturated heterocycles. The molecule has 0 atom stereocenters. The number of nitrogens with one attached hydrogen (secondary N) is 2. The van der Waals surface area contributed by atoms with Crippen LogP contribution in [0.4, 0.5) is 0 Å². The van der Waals surface area contributed by atoms with Gasteiger partial charge < -0.3 is 9.97 Å². The lowest BCUT2D eigenvalue weighted by molar-refractivity contribution is 0.886. The van der Waals surface area contributed by atoms with E-state index in [9.17, 15) is 9.59 Å². The fourth-order valence-corrected chi connectivity index (χ4v) is 1.06. The third-order valence-electron chi connectivity index (χ3n) is 2.13. The van der Waals surface area contributed by atoms with Gasteiger partial charge in [-0.15, -0.1) is 0 Å². The number of H-pyrrole nitrogens is 2. The first kappa shape index (κ1) is 12.2. The molecule has 0 bridgehead atoms. The predicted molar refractivity (Wildman–Crippen MR) is 70.0 cm³/mol. The van der Waals surface area contributed by atoms with E-state index in [-0.39, 0.29) is 2.85 Å². The van der Waals surface area contributed by atoms with Crippen LogP contribution in [0.15, 0.2) is 33.9 Å². The minimum Gasteiger partial charge on any atom is -0.316 e. The molecule has 0 aliphatic heterocycles. The smallest absolute Gasteiger partial charge is 0.314 e. The summed E-state index contributed by atoms with van der Waals surface area (Å²) in [6.07, 6.45) is 2.64. The molecule has 0 saturated carbocycles. The molecule has 1 aromatic carbocycles. The van der Waals surface area contributed by atoms with Gasteiger partial charge in [0.25, 0.3) is 0 Å². The highest BCUT2D eigenvalue weighted by Crippen LogP contribution is 2.01. The van der Waals surface area contributed by atoms with Gasteiger partial charge in [0.2, 0.25) is 0 Å². The molecule has 0 unspecified atom stereocenters. The summed E-state index contributed by atoms with van der Waals surface area (Å²) >= 11 is 0. The highest BCUT2D eigenvalue weighted by molar-refractivity contribution is 5.72. The Morgan fingerprint density at radius 2 is 1.31 bits per heavy atom. The van der Waals surface area contributed by atoms with Gasteiger partial charge in [-0.1, -0.05) is 38.8 Å². The Morgan fingerprint density at radius 1 is 0.938 bits per heavy atom. The Bertz CT molecular complexity index is 513. The van der Waals surface area contributed by atoms with Crippen LogP contribution in [0.25, 0.3) is 11.0 Å². The summed E-state index contributed by atoms with van der Waals surface area (Å²) in [4.78, 5) is 26.6. The van der Waals surface area contributed by atoms with E-state index in [4.69, 9.17) is 0 Å². The second kappa shape index (κ2) is 5.90. The summed E-state index contributed by atoms with van der Waals surface area (Å²) in [7, 11) is 0. The zero-order chi connectivity index (χ0) is 12.0. The van der Waals surface area contributed by atoms with Crippen molar-refractivity contribution in [2.45, 2.75) is 26.7 Å². The van der Waals surface area contributed by atoms with Crippen molar-refractivity contribution >= 4 is 11.0 Å². The van der Waals surface area contributed by atoms with Crippen molar-refractivity contribution in [2.75, 3.05) is 0 Å². The first-order valence-corrected chi connectivity index (χ1v) is 5.40. The topological polar surface area (TPSA) is 65.7 Å². The quantitative estimate of drug-likeness (QED) is 0.731. The molecule has 4 nitrogen and oxygen atoms in total. The minimum absolute atomic E-state index is 0. The van der Waals surface area contributed by atoms with Gasteiger partial charge in [0.05, 0.1) is 11.0 Å². The molecule has 90 valence electrons. The fourth-order valence-electron chi connectivity index (χ4n) is 1.06. The standard InChI is InChI=1S/C8H6N2O2.C4H10.2H2/c11-7-8(12)10-6-4-2-1-3-5(6)9-7;1-3-4-2;;/h1-4H,(H,9,11)(H,10,12);3-4H2,1-2H3;2*1H. The number of rotatable bonds is 1. The van der Waals surface area contributed by atoms with Crippen LogP contribution in [0, 0.1) is 0 Å². The number of aromatic nitrogens is 2. The number of unbranched alkanes of at least 4 members (excludes halogenated alkanes) is 1. The maximum absolute atomic E-state index is 10.8. The molecule has 0 fully saturated rings. The number of hydrogen-bond donors (Lipinski definition) is 2. The van der Waals surface area contributed by atoms with E-state index >= 15 is 0 Å². The highest BCUT2D eigenvalue weighted by Gasteiger charge is 1.95. The normalized spacial score (nSPS) is 9.62. The lowest BCUT2D eigenvalue weighted by atomic mass is 10.3. The van der Waals surface area contributed by atoms with E-state index in [0.29, 0.717) is 11.0 Å². The van der Waals surface area contributed by atoms with Gasteiger partial charge in [-0.25, -0.2) is 0 Å². The van der Waals surface area contributed by atoms with Crippen molar-refractivity contribution in [1.82, 2.24) is 9.97 Å². The Morgan fingerprint density at radius 3 is 1.62 bits per heavy atom. The number of aromatic amines is 2. The molecular weight excluding hydrogens is 204 g/mol. The lowest BCUT2D eigenvalue weighted by Gasteiger charge is -1.93. The van der Waals surface area contributed by atoms with E-state index in [0.717, 1.165) is 0 Å². The first-order chi connectivity index (χ1) is 7.69. The Kier molecular flexibility index (Phi) is 4.51. The first-order valence-electron chi connectivity index (χ1n) is 5.40. The zero-order valence-electron chi connectivity index (χ0n) is 9.54. The fraction of sp³-hybridized carbons (Fsp3) is 0.333. The summed E-state index contributed by atoms with van der Waals surface area (Å²) in [6, 6.07) is 7.03. The van der Waals surface area contributed by atoms with E-state index in [1.165, 1.54) is 12.8 Å². The Hall–Kier alpha value is -1.84. The van der Waals surface area contributed by atoms with Crippen molar-refractivity contribution < 1.29 is 2.85 Å². The maximum atomic E-state index is 10.8. The van der Waals surface area contributed by atoms with Crippen LogP contribution >= 0.6 is 0 Å². The van der Waals surface area contributed by atoms with Gasteiger partial charge in [0.1, 0.15) is 0 Å². The van der Waals surface area contributed by atoms with Crippen molar-refractivity contribution in [3.05, 3.63) is 45.0 Å².